The van der Waals surface area contributed by atoms with E-state index in [1.807, 2.05) is 39.0 Å². The van der Waals surface area contributed by atoms with Crippen molar-refractivity contribution in [2.24, 2.45) is 0 Å². The SMILES string of the molecule is Cc1cc(C)c(NC(=O)C(=O)NCc2cccc(Cl)c2)c(C)c1. The third kappa shape index (κ3) is 4.57. The summed E-state index contributed by atoms with van der Waals surface area (Å²) in [6.07, 6.45) is 0. The molecule has 0 aromatic heterocycles. The first-order chi connectivity index (χ1) is 10.9. The van der Waals surface area contributed by atoms with Gasteiger partial charge in [0.2, 0.25) is 0 Å². The van der Waals surface area contributed by atoms with Gasteiger partial charge < -0.3 is 10.6 Å². The zero-order valence-electron chi connectivity index (χ0n) is 13.4. The van der Waals surface area contributed by atoms with Crippen LogP contribution in [0.4, 0.5) is 5.69 Å². The predicted octanol–water partition coefficient (Wildman–Crippen LogP) is 3.52. The summed E-state index contributed by atoms with van der Waals surface area (Å²) in [6, 6.07) is 11.1. The first-order valence-corrected chi connectivity index (χ1v) is 7.66. The van der Waals surface area contributed by atoms with Gasteiger partial charge in [-0.15, -0.1) is 0 Å². The zero-order valence-corrected chi connectivity index (χ0v) is 14.1. The zero-order chi connectivity index (χ0) is 17.0. The van der Waals surface area contributed by atoms with Crippen molar-refractivity contribution in [1.29, 1.82) is 0 Å². The summed E-state index contributed by atoms with van der Waals surface area (Å²) in [7, 11) is 0. The van der Waals surface area contributed by atoms with Crippen LogP contribution in [-0.4, -0.2) is 11.8 Å². The number of halogens is 1. The predicted molar refractivity (Wildman–Crippen MR) is 92.6 cm³/mol. The molecule has 23 heavy (non-hydrogen) atoms. The van der Waals surface area contributed by atoms with Crippen molar-refractivity contribution in [3.8, 4) is 0 Å². The minimum atomic E-state index is -0.679. The largest absolute Gasteiger partial charge is 0.344 e. The van der Waals surface area contributed by atoms with Crippen LogP contribution in [0.1, 0.15) is 22.3 Å². The molecule has 120 valence electrons. The summed E-state index contributed by atoms with van der Waals surface area (Å²) in [5.74, 6) is -1.36. The molecule has 0 aliphatic carbocycles. The van der Waals surface area contributed by atoms with E-state index in [0.29, 0.717) is 10.7 Å². The van der Waals surface area contributed by atoms with E-state index in [0.717, 1.165) is 22.3 Å². The van der Waals surface area contributed by atoms with Crippen LogP contribution >= 0.6 is 11.6 Å². The van der Waals surface area contributed by atoms with Crippen LogP contribution in [0.15, 0.2) is 36.4 Å². The van der Waals surface area contributed by atoms with E-state index in [1.165, 1.54) is 0 Å². The van der Waals surface area contributed by atoms with E-state index >= 15 is 0 Å². The summed E-state index contributed by atoms with van der Waals surface area (Å²) in [6.45, 7) is 6.04. The topological polar surface area (TPSA) is 58.2 Å². The molecule has 2 rings (SSSR count). The number of carbonyl (C=O) groups excluding carboxylic acids is 2. The van der Waals surface area contributed by atoms with Gasteiger partial charge in [-0.25, -0.2) is 0 Å². The Kier molecular flexibility index (Phi) is 5.40. The normalized spacial score (nSPS) is 10.3. The van der Waals surface area contributed by atoms with E-state index in [4.69, 9.17) is 11.6 Å². The number of benzene rings is 2. The maximum atomic E-state index is 12.0. The lowest BCUT2D eigenvalue weighted by molar-refractivity contribution is -0.136. The molecule has 0 unspecified atom stereocenters. The van der Waals surface area contributed by atoms with E-state index < -0.39 is 11.8 Å². The average Bonchev–Trinajstić information content (AvgIpc) is 2.48. The standard InChI is InChI=1S/C18H19ClN2O2/c1-11-7-12(2)16(13(3)8-11)21-18(23)17(22)20-10-14-5-4-6-15(19)9-14/h4-9H,10H2,1-3H3,(H,20,22)(H,21,23). The monoisotopic (exact) mass is 330 g/mol. The molecule has 2 N–H and O–H groups in total. The molecule has 0 fully saturated rings. The molecule has 0 heterocycles. The second kappa shape index (κ2) is 7.29. The summed E-state index contributed by atoms with van der Waals surface area (Å²) in [5, 5.41) is 5.85. The minimum absolute atomic E-state index is 0.249. The Morgan fingerprint density at radius 3 is 2.26 bits per heavy atom. The number of anilines is 1. The van der Waals surface area contributed by atoms with Crippen molar-refractivity contribution in [2.75, 3.05) is 5.32 Å². The molecule has 2 aromatic carbocycles. The second-order valence-electron chi connectivity index (χ2n) is 5.54. The lowest BCUT2D eigenvalue weighted by Crippen LogP contribution is -2.35. The van der Waals surface area contributed by atoms with Crippen LogP contribution in [0, 0.1) is 20.8 Å². The van der Waals surface area contributed by atoms with Crippen molar-refractivity contribution < 1.29 is 9.59 Å². The van der Waals surface area contributed by atoms with Gasteiger partial charge in [0.25, 0.3) is 0 Å². The molecule has 0 radical (unpaired) electrons. The molecule has 0 aliphatic heterocycles. The van der Waals surface area contributed by atoms with Crippen LogP contribution in [0.2, 0.25) is 5.02 Å². The van der Waals surface area contributed by atoms with Crippen molar-refractivity contribution >= 4 is 29.1 Å². The number of carbonyl (C=O) groups is 2. The summed E-state index contributed by atoms with van der Waals surface area (Å²) in [4.78, 5) is 24.0. The maximum Gasteiger partial charge on any atom is 0.313 e. The first kappa shape index (κ1) is 17.0. The quantitative estimate of drug-likeness (QED) is 0.846. The Morgan fingerprint density at radius 1 is 1.00 bits per heavy atom. The van der Waals surface area contributed by atoms with E-state index in [9.17, 15) is 9.59 Å². The van der Waals surface area contributed by atoms with Gasteiger partial charge in [-0.05, 0) is 49.6 Å². The van der Waals surface area contributed by atoms with Gasteiger partial charge >= 0.3 is 11.8 Å². The number of hydrogen-bond donors (Lipinski definition) is 2. The lowest BCUT2D eigenvalue weighted by Gasteiger charge is -2.12. The van der Waals surface area contributed by atoms with Crippen molar-refractivity contribution in [2.45, 2.75) is 27.3 Å². The van der Waals surface area contributed by atoms with Crippen LogP contribution in [0.5, 0.6) is 0 Å². The van der Waals surface area contributed by atoms with Crippen LogP contribution in [0.3, 0.4) is 0 Å². The maximum absolute atomic E-state index is 12.0. The van der Waals surface area contributed by atoms with Crippen molar-refractivity contribution in [3.63, 3.8) is 0 Å². The van der Waals surface area contributed by atoms with Crippen LogP contribution in [-0.2, 0) is 16.1 Å². The number of nitrogens with one attached hydrogen (secondary N) is 2. The molecule has 5 heteroatoms. The fourth-order valence-electron chi connectivity index (χ4n) is 2.46. The molecule has 0 spiro atoms. The first-order valence-electron chi connectivity index (χ1n) is 7.28. The van der Waals surface area contributed by atoms with Gasteiger partial charge in [0.1, 0.15) is 0 Å². The van der Waals surface area contributed by atoms with Crippen molar-refractivity contribution in [3.05, 3.63) is 63.7 Å². The lowest BCUT2D eigenvalue weighted by atomic mass is 10.1. The molecule has 0 atom stereocenters. The second-order valence-corrected chi connectivity index (χ2v) is 5.98. The summed E-state index contributed by atoms with van der Waals surface area (Å²) in [5.41, 5.74) is 4.49. The fourth-order valence-corrected chi connectivity index (χ4v) is 2.67. The third-order valence-electron chi connectivity index (χ3n) is 3.46. The van der Waals surface area contributed by atoms with Crippen molar-refractivity contribution in [1.82, 2.24) is 5.32 Å². The van der Waals surface area contributed by atoms with Gasteiger partial charge in [0, 0.05) is 17.3 Å². The smallest absolute Gasteiger partial charge is 0.313 e. The highest BCUT2D eigenvalue weighted by atomic mass is 35.5. The van der Waals surface area contributed by atoms with Gasteiger partial charge in [-0.2, -0.15) is 0 Å². The highest BCUT2D eigenvalue weighted by Crippen LogP contribution is 2.21. The molecule has 0 saturated carbocycles. The highest BCUT2D eigenvalue weighted by molar-refractivity contribution is 6.39. The number of amides is 2. The summed E-state index contributed by atoms with van der Waals surface area (Å²) >= 11 is 5.89. The van der Waals surface area contributed by atoms with Crippen LogP contribution < -0.4 is 10.6 Å². The fraction of sp³-hybridized carbons (Fsp3) is 0.222. The van der Waals surface area contributed by atoms with Gasteiger partial charge in [-0.3, -0.25) is 9.59 Å². The molecule has 2 amide bonds. The molecular weight excluding hydrogens is 312 g/mol. The van der Waals surface area contributed by atoms with Gasteiger partial charge in [0.05, 0.1) is 0 Å². The molecule has 4 nitrogen and oxygen atoms in total. The van der Waals surface area contributed by atoms with Crippen LogP contribution in [0.25, 0.3) is 0 Å². The third-order valence-corrected chi connectivity index (χ3v) is 3.70. The number of aryl methyl sites for hydroxylation is 3. The summed E-state index contributed by atoms with van der Waals surface area (Å²) < 4.78 is 0. The van der Waals surface area contributed by atoms with E-state index in [-0.39, 0.29) is 6.54 Å². The van der Waals surface area contributed by atoms with E-state index in [2.05, 4.69) is 10.6 Å². The average molecular weight is 331 g/mol. The minimum Gasteiger partial charge on any atom is -0.344 e. The highest BCUT2D eigenvalue weighted by Gasteiger charge is 2.15. The molecule has 0 aliphatic rings. The van der Waals surface area contributed by atoms with E-state index in [1.54, 1.807) is 18.2 Å². The Balaban J connectivity index is 1.99. The Hall–Kier alpha value is -2.33. The molecule has 0 bridgehead atoms. The molecule has 2 aromatic rings. The Morgan fingerprint density at radius 2 is 1.65 bits per heavy atom. The molecule has 0 saturated heterocycles. The Bertz CT molecular complexity index is 733. The number of hydrogen-bond acceptors (Lipinski definition) is 2. The van der Waals surface area contributed by atoms with Gasteiger partial charge in [-0.1, -0.05) is 41.4 Å². The van der Waals surface area contributed by atoms with Gasteiger partial charge in [0.15, 0.2) is 0 Å². The number of rotatable bonds is 3. The molecular formula is C18H19ClN2O2. The Labute approximate surface area is 140 Å².